The quantitative estimate of drug-likeness (QED) is 0.694. The second kappa shape index (κ2) is 11.9. The Morgan fingerprint density at radius 2 is 1.88 bits per heavy atom. The highest BCUT2D eigenvalue weighted by molar-refractivity contribution is 5.85. The van der Waals surface area contributed by atoms with Crippen LogP contribution < -0.4 is 10.6 Å². The van der Waals surface area contributed by atoms with E-state index in [1.54, 1.807) is 19.0 Å². The van der Waals surface area contributed by atoms with Gasteiger partial charge in [0.25, 0.3) is 0 Å². The molecule has 2 rings (SSSR count). The first-order valence-electron chi connectivity index (χ1n) is 8.55. The van der Waals surface area contributed by atoms with Gasteiger partial charge in [-0.25, -0.2) is 0 Å². The number of morpholine rings is 1. The fourth-order valence-electron chi connectivity index (χ4n) is 3.10. The number of ether oxygens (including phenoxy) is 1. The molecule has 2 amide bonds. The molecule has 25 heavy (non-hydrogen) atoms. The average Bonchev–Trinajstić information content (AvgIpc) is 2.54. The molecule has 0 spiro atoms. The molecule has 0 unspecified atom stereocenters. The topological polar surface area (TPSA) is 73.9 Å². The van der Waals surface area contributed by atoms with Crippen molar-refractivity contribution in [3.05, 3.63) is 0 Å². The minimum Gasteiger partial charge on any atom is -0.375 e. The summed E-state index contributed by atoms with van der Waals surface area (Å²) in [6.45, 7) is 5.97. The maximum atomic E-state index is 12.3. The normalized spacial score (nSPS) is 24.6. The van der Waals surface area contributed by atoms with E-state index in [0.717, 1.165) is 39.0 Å². The van der Waals surface area contributed by atoms with Gasteiger partial charge in [0, 0.05) is 52.7 Å². The van der Waals surface area contributed by atoms with E-state index in [2.05, 4.69) is 15.5 Å². The molecule has 148 valence electrons. The van der Waals surface area contributed by atoms with Gasteiger partial charge in [0.05, 0.1) is 12.7 Å². The summed E-state index contributed by atoms with van der Waals surface area (Å²) in [5.41, 5.74) is 0. The zero-order valence-corrected chi connectivity index (χ0v) is 17.0. The van der Waals surface area contributed by atoms with Gasteiger partial charge in [-0.15, -0.1) is 24.8 Å². The molecule has 7 nitrogen and oxygen atoms in total. The van der Waals surface area contributed by atoms with Crippen LogP contribution in [0, 0.1) is 0 Å². The lowest BCUT2D eigenvalue weighted by Gasteiger charge is -2.35. The van der Waals surface area contributed by atoms with Crippen LogP contribution in [0.3, 0.4) is 0 Å². The van der Waals surface area contributed by atoms with Crippen LogP contribution in [0.4, 0.5) is 0 Å². The molecule has 2 atom stereocenters. The second-order valence-corrected chi connectivity index (χ2v) is 6.67. The van der Waals surface area contributed by atoms with Crippen LogP contribution in [0.25, 0.3) is 0 Å². The van der Waals surface area contributed by atoms with E-state index in [0.29, 0.717) is 13.0 Å². The van der Waals surface area contributed by atoms with Crippen molar-refractivity contribution < 1.29 is 14.3 Å². The molecular formula is C16H32Cl2N4O3. The number of carbonyl (C=O) groups is 2. The van der Waals surface area contributed by atoms with Crippen molar-refractivity contribution in [1.82, 2.24) is 20.4 Å². The zero-order valence-electron chi connectivity index (χ0n) is 15.3. The standard InChI is InChI=1S/C16H30N4O3.2ClH/c1-12-15(17-7-11-23-12)16(22)18-13-4-8-20(9-5-13)10-6-14(21)19(2)3;;/h12-13,15,17H,4-11H2,1-3H3,(H,18,22);2*1H/t12-,15+;;/m1../s1. The number of piperidine rings is 1. The van der Waals surface area contributed by atoms with Crippen molar-refractivity contribution in [3.8, 4) is 0 Å². The van der Waals surface area contributed by atoms with Gasteiger partial charge in [0.15, 0.2) is 0 Å². The van der Waals surface area contributed by atoms with Crippen LogP contribution in [0.2, 0.25) is 0 Å². The Balaban J connectivity index is 0.00000288. The van der Waals surface area contributed by atoms with Crippen molar-refractivity contribution in [2.24, 2.45) is 0 Å². The largest absolute Gasteiger partial charge is 0.375 e. The summed E-state index contributed by atoms with van der Waals surface area (Å²) < 4.78 is 5.52. The Morgan fingerprint density at radius 3 is 2.44 bits per heavy atom. The van der Waals surface area contributed by atoms with Crippen LogP contribution >= 0.6 is 24.8 Å². The highest BCUT2D eigenvalue weighted by atomic mass is 35.5. The molecule has 0 aromatic carbocycles. The number of rotatable bonds is 5. The summed E-state index contributed by atoms with van der Waals surface area (Å²) in [7, 11) is 3.57. The minimum atomic E-state index is -0.250. The number of nitrogens with one attached hydrogen (secondary N) is 2. The second-order valence-electron chi connectivity index (χ2n) is 6.67. The van der Waals surface area contributed by atoms with Gasteiger partial charge in [-0.3, -0.25) is 9.59 Å². The number of halogens is 2. The first kappa shape index (κ1) is 24.4. The molecule has 2 saturated heterocycles. The van der Waals surface area contributed by atoms with E-state index in [9.17, 15) is 9.59 Å². The van der Waals surface area contributed by atoms with Gasteiger partial charge < -0.3 is 25.2 Å². The van der Waals surface area contributed by atoms with E-state index in [-0.39, 0.29) is 54.8 Å². The highest BCUT2D eigenvalue weighted by Gasteiger charge is 2.30. The van der Waals surface area contributed by atoms with Gasteiger partial charge in [-0.1, -0.05) is 0 Å². The lowest BCUT2D eigenvalue weighted by Crippen LogP contribution is -2.58. The summed E-state index contributed by atoms with van der Waals surface area (Å²) in [5.74, 6) is 0.205. The van der Waals surface area contributed by atoms with Crippen LogP contribution in [0.1, 0.15) is 26.2 Å². The maximum absolute atomic E-state index is 12.3. The predicted octanol–water partition coefficient (Wildman–Crippen LogP) is 0.266. The van der Waals surface area contributed by atoms with E-state index in [1.807, 2.05) is 6.92 Å². The van der Waals surface area contributed by atoms with Gasteiger partial charge >= 0.3 is 0 Å². The molecule has 0 aromatic rings. The van der Waals surface area contributed by atoms with Crippen molar-refractivity contribution in [2.75, 3.05) is 46.9 Å². The molecule has 2 fully saturated rings. The van der Waals surface area contributed by atoms with Gasteiger partial charge in [-0.05, 0) is 19.8 Å². The highest BCUT2D eigenvalue weighted by Crippen LogP contribution is 2.12. The van der Waals surface area contributed by atoms with E-state index < -0.39 is 0 Å². The smallest absolute Gasteiger partial charge is 0.240 e. The summed E-state index contributed by atoms with van der Waals surface area (Å²) >= 11 is 0. The van der Waals surface area contributed by atoms with Crippen LogP contribution in [0.15, 0.2) is 0 Å². The third kappa shape index (κ3) is 7.66. The predicted molar refractivity (Wildman–Crippen MR) is 103 cm³/mol. The van der Waals surface area contributed by atoms with Crippen LogP contribution in [-0.2, 0) is 14.3 Å². The Hall–Kier alpha value is -0.600. The maximum Gasteiger partial charge on any atom is 0.240 e. The summed E-state index contributed by atoms with van der Waals surface area (Å²) in [6, 6.07) is -0.0290. The average molecular weight is 399 g/mol. The van der Waals surface area contributed by atoms with Crippen molar-refractivity contribution in [1.29, 1.82) is 0 Å². The fraction of sp³-hybridized carbons (Fsp3) is 0.875. The van der Waals surface area contributed by atoms with E-state index in [4.69, 9.17) is 4.74 Å². The Bertz CT molecular complexity index is 418. The molecule has 2 heterocycles. The van der Waals surface area contributed by atoms with Gasteiger partial charge in [0.2, 0.25) is 11.8 Å². The minimum absolute atomic E-state index is 0. The molecular weight excluding hydrogens is 367 g/mol. The first-order valence-corrected chi connectivity index (χ1v) is 8.55. The Labute approximate surface area is 163 Å². The molecule has 0 radical (unpaired) electrons. The molecule has 0 aliphatic carbocycles. The Morgan fingerprint density at radius 1 is 1.24 bits per heavy atom. The van der Waals surface area contributed by atoms with Gasteiger partial charge in [-0.2, -0.15) is 0 Å². The summed E-state index contributed by atoms with van der Waals surface area (Å²) in [6.07, 6.45) is 2.35. The molecule has 9 heteroatoms. The molecule has 0 saturated carbocycles. The molecule has 2 aliphatic heterocycles. The van der Waals surface area contributed by atoms with E-state index >= 15 is 0 Å². The van der Waals surface area contributed by atoms with Crippen LogP contribution in [0.5, 0.6) is 0 Å². The number of likely N-dealkylation sites (tertiary alicyclic amines) is 1. The first-order chi connectivity index (χ1) is 11.0. The van der Waals surface area contributed by atoms with Crippen LogP contribution in [-0.4, -0.2) is 86.7 Å². The number of nitrogens with zero attached hydrogens (tertiary/aromatic N) is 2. The van der Waals surface area contributed by atoms with Crippen molar-refractivity contribution in [2.45, 2.75) is 44.4 Å². The van der Waals surface area contributed by atoms with Crippen molar-refractivity contribution in [3.63, 3.8) is 0 Å². The van der Waals surface area contributed by atoms with Gasteiger partial charge in [0.1, 0.15) is 6.04 Å². The Kier molecular flexibility index (Phi) is 11.6. The summed E-state index contributed by atoms with van der Waals surface area (Å²) in [5, 5.41) is 6.36. The molecule has 0 aromatic heterocycles. The third-order valence-corrected chi connectivity index (χ3v) is 4.67. The van der Waals surface area contributed by atoms with Crippen molar-refractivity contribution >= 4 is 36.6 Å². The van der Waals surface area contributed by atoms with E-state index in [1.165, 1.54) is 0 Å². The summed E-state index contributed by atoms with van der Waals surface area (Å²) in [4.78, 5) is 27.9. The SMILES string of the molecule is C[C@H]1OCCN[C@@H]1C(=O)NC1CCN(CCC(=O)N(C)C)CC1.Cl.Cl. The third-order valence-electron chi connectivity index (χ3n) is 4.67. The number of hydrogen-bond acceptors (Lipinski definition) is 5. The lowest BCUT2D eigenvalue weighted by atomic mass is 10.0. The number of hydrogen-bond donors (Lipinski definition) is 2. The molecule has 2 aliphatic rings. The molecule has 2 N–H and O–H groups in total. The number of amides is 2. The zero-order chi connectivity index (χ0) is 16.8. The number of carbonyl (C=O) groups excluding carboxylic acids is 2. The lowest BCUT2D eigenvalue weighted by molar-refractivity contribution is -0.130. The fourth-order valence-corrected chi connectivity index (χ4v) is 3.10. The monoisotopic (exact) mass is 398 g/mol. The molecule has 0 bridgehead atoms.